The Balaban J connectivity index is 3.54. The summed E-state index contributed by atoms with van der Waals surface area (Å²) in [4.78, 5) is 9.35. The van der Waals surface area contributed by atoms with Crippen LogP contribution in [0.15, 0.2) is 23.1 Å². The second kappa shape index (κ2) is 4.26. The Hall–Kier alpha value is -1.98. The number of nitro groups is 1. The van der Waals surface area contributed by atoms with E-state index in [0.29, 0.717) is 0 Å². The molecule has 8 heteroatoms. The van der Waals surface area contributed by atoms with Crippen LogP contribution in [0.25, 0.3) is 0 Å². The Morgan fingerprint density at radius 1 is 1.50 bits per heavy atom. The Morgan fingerprint density at radius 2 is 2.12 bits per heavy atom. The zero-order valence-corrected chi connectivity index (χ0v) is 8.98. The van der Waals surface area contributed by atoms with Crippen molar-refractivity contribution >= 4 is 15.7 Å². The molecule has 0 saturated heterocycles. The highest BCUT2D eigenvalue weighted by atomic mass is 32.2. The molecule has 0 radical (unpaired) electrons. The van der Waals surface area contributed by atoms with Crippen LogP contribution in [0, 0.1) is 21.4 Å². The van der Waals surface area contributed by atoms with Gasteiger partial charge in [0.15, 0.2) is 4.90 Å². The van der Waals surface area contributed by atoms with Crippen LogP contribution in [0.5, 0.6) is 0 Å². The highest BCUT2D eigenvalue weighted by Crippen LogP contribution is 2.24. The van der Waals surface area contributed by atoms with Gasteiger partial charge in [-0.15, -0.1) is 0 Å². The smallest absolute Gasteiger partial charge is 0.258 e. The average molecular weight is 241 g/mol. The van der Waals surface area contributed by atoms with Gasteiger partial charge in [0.2, 0.25) is 10.0 Å². The Kier molecular flexibility index (Phi) is 3.22. The summed E-state index contributed by atoms with van der Waals surface area (Å²) in [7, 11) is -2.75. The lowest BCUT2D eigenvalue weighted by Crippen LogP contribution is -2.19. The van der Waals surface area contributed by atoms with Crippen molar-refractivity contribution in [1.82, 2.24) is 4.72 Å². The van der Waals surface area contributed by atoms with Gasteiger partial charge in [-0.2, -0.15) is 5.26 Å². The van der Waals surface area contributed by atoms with Crippen LogP contribution >= 0.6 is 0 Å². The predicted octanol–water partition coefficient (Wildman–Crippen LogP) is 0.375. The molecule has 1 N–H and O–H groups in total. The van der Waals surface area contributed by atoms with Crippen molar-refractivity contribution in [1.29, 1.82) is 5.26 Å². The lowest BCUT2D eigenvalue weighted by Gasteiger charge is -2.03. The van der Waals surface area contributed by atoms with Crippen molar-refractivity contribution < 1.29 is 13.3 Å². The molecule has 7 nitrogen and oxygen atoms in total. The largest absolute Gasteiger partial charge is 0.290 e. The van der Waals surface area contributed by atoms with Gasteiger partial charge in [-0.25, -0.2) is 13.1 Å². The molecule has 0 bridgehead atoms. The zero-order chi connectivity index (χ0) is 12.3. The van der Waals surface area contributed by atoms with Crippen LogP contribution in [0.3, 0.4) is 0 Å². The number of rotatable bonds is 3. The SMILES string of the molecule is CNS(=O)(=O)c1ccc(C#N)cc1[N+](=O)[O-]. The molecule has 0 aromatic heterocycles. The predicted molar refractivity (Wildman–Crippen MR) is 54.1 cm³/mol. The average Bonchev–Trinajstić information content (AvgIpc) is 2.28. The molecule has 16 heavy (non-hydrogen) atoms. The quantitative estimate of drug-likeness (QED) is 0.606. The van der Waals surface area contributed by atoms with E-state index in [4.69, 9.17) is 5.26 Å². The molecule has 0 spiro atoms. The summed E-state index contributed by atoms with van der Waals surface area (Å²) in [6.07, 6.45) is 0. The minimum absolute atomic E-state index is 0.0294. The normalized spacial score (nSPS) is 10.8. The number of nitriles is 1. The van der Waals surface area contributed by atoms with Gasteiger partial charge in [-0.3, -0.25) is 10.1 Å². The van der Waals surface area contributed by atoms with Crippen molar-refractivity contribution in [3.8, 4) is 6.07 Å². The van der Waals surface area contributed by atoms with E-state index in [2.05, 4.69) is 0 Å². The van der Waals surface area contributed by atoms with E-state index >= 15 is 0 Å². The van der Waals surface area contributed by atoms with E-state index in [1.54, 1.807) is 6.07 Å². The van der Waals surface area contributed by atoms with Gasteiger partial charge in [0.25, 0.3) is 5.69 Å². The monoisotopic (exact) mass is 241 g/mol. The molecule has 0 saturated carbocycles. The van der Waals surface area contributed by atoms with Crippen LogP contribution in [-0.4, -0.2) is 20.4 Å². The minimum Gasteiger partial charge on any atom is -0.258 e. The van der Waals surface area contributed by atoms with Gasteiger partial charge in [0.1, 0.15) is 0 Å². The highest BCUT2D eigenvalue weighted by Gasteiger charge is 2.24. The van der Waals surface area contributed by atoms with Gasteiger partial charge in [-0.1, -0.05) is 0 Å². The topological polar surface area (TPSA) is 113 Å². The fourth-order valence-corrected chi connectivity index (χ4v) is 1.94. The third-order valence-corrected chi connectivity index (χ3v) is 3.30. The zero-order valence-electron chi connectivity index (χ0n) is 8.17. The standard InChI is InChI=1S/C8H7N3O4S/c1-10-16(14,15)8-3-2-6(5-9)4-7(8)11(12)13/h2-4,10H,1H3. The summed E-state index contributed by atoms with van der Waals surface area (Å²) in [5.41, 5.74) is -0.588. The molecule has 0 unspecified atom stereocenters. The second-order valence-electron chi connectivity index (χ2n) is 2.76. The summed E-state index contributed by atoms with van der Waals surface area (Å²) in [5.74, 6) is 0. The summed E-state index contributed by atoms with van der Waals surface area (Å²) >= 11 is 0. The van der Waals surface area contributed by atoms with Crippen LogP contribution in [-0.2, 0) is 10.0 Å². The molecule has 1 aromatic rings. The molecule has 0 aliphatic carbocycles. The minimum atomic E-state index is -3.90. The van der Waals surface area contributed by atoms with Crippen LogP contribution in [0.1, 0.15) is 5.56 Å². The van der Waals surface area contributed by atoms with E-state index in [1.165, 1.54) is 6.07 Å². The maximum atomic E-state index is 11.4. The molecule has 0 aliphatic rings. The van der Waals surface area contributed by atoms with E-state index in [1.807, 2.05) is 4.72 Å². The third kappa shape index (κ3) is 2.16. The molecule has 84 valence electrons. The number of hydrogen-bond donors (Lipinski definition) is 1. The molecule has 0 atom stereocenters. The fourth-order valence-electron chi connectivity index (χ4n) is 1.07. The Morgan fingerprint density at radius 3 is 2.56 bits per heavy atom. The third-order valence-electron chi connectivity index (χ3n) is 1.84. The summed E-state index contributed by atoms with van der Waals surface area (Å²) in [6, 6.07) is 4.86. The van der Waals surface area contributed by atoms with Crippen molar-refractivity contribution in [2.75, 3.05) is 7.05 Å². The first kappa shape index (κ1) is 12.1. The molecule has 1 aromatic carbocycles. The molecule has 0 fully saturated rings. The number of hydrogen-bond acceptors (Lipinski definition) is 5. The van der Waals surface area contributed by atoms with Gasteiger partial charge in [0.05, 0.1) is 16.6 Å². The first-order valence-corrected chi connectivity index (χ1v) is 5.53. The van der Waals surface area contributed by atoms with Crippen LogP contribution in [0.2, 0.25) is 0 Å². The van der Waals surface area contributed by atoms with Gasteiger partial charge in [-0.05, 0) is 19.2 Å². The van der Waals surface area contributed by atoms with Gasteiger partial charge >= 0.3 is 0 Å². The highest BCUT2D eigenvalue weighted by molar-refractivity contribution is 7.89. The maximum Gasteiger partial charge on any atom is 0.290 e. The summed E-state index contributed by atoms with van der Waals surface area (Å²) in [5, 5.41) is 19.2. The summed E-state index contributed by atoms with van der Waals surface area (Å²) < 4.78 is 24.8. The van der Waals surface area contributed by atoms with Gasteiger partial charge < -0.3 is 0 Å². The number of nitrogens with one attached hydrogen (secondary N) is 1. The van der Waals surface area contributed by atoms with Crippen molar-refractivity contribution in [3.05, 3.63) is 33.9 Å². The van der Waals surface area contributed by atoms with Crippen molar-refractivity contribution in [2.45, 2.75) is 4.90 Å². The molecule has 0 amide bonds. The lowest BCUT2D eigenvalue weighted by atomic mass is 10.2. The number of sulfonamides is 1. The van der Waals surface area contributed by atoms with Gasteiger partial charge in [0, 0.05) is 6.07 Å². The lowest BCUT2D eigenvalue weighted by molar-refractivity contribution is -0.387. The molecular formula is C8H7N3O4S. The maximum absolute atomic E-state index is 11.4. The van der Waals surface area contributed by atoms with E-state index < -0.39 is 25.5 Å². The summed E-state index contributed by atoms with van der Waals surface area (Å²) in [6.45, 7) is 0. The number of nitro benzene ring substituents is 1. The van der Waals surface area contributed by atoms with Crippen LogP contribution < -0.4 is 4.72 Å². The number of benzene rings is 1. The van der Waals surface area contributed by atoms with E-state index in [-0.39, 0.29) is 5.56 Å². The number of nitrogens with zero attached hydrogens (tertiary/aromatic N) is 2. The van der Waals surface area contributed by atoms with Crippen molar-refractivity contribution in [2.24, 2.45) is 0 Å². The van der Waals surface area contributed by atoms with E-state index in [9.17, 15) is 18.5 Å². The Labute approximate surface area is 91.5 Å². The molecule has 1 rings (SSSR count). The first-order chi connectivity index (χ1) is 7.42. The molecule has 0 aliphatic heterocycles. The van der Waals surface area contributed by atoms with Crippen LogP contribution in [0.4, 0.5) is 5.69 Å². The Bertz CT molecular complexity index is 573. The molecule has 0 heterocycles. The first-order valence-electron chi connectivity index (χ1n) is 4.04. The van der Waals surface area contributed by atoms with E-state index in [0.717, 1.165) is 19.2 Å². The second-order valence-corrected chi connectivity index (χ2v) is 4.61. The molecular weight excluding hydrogens is 234 g/mol. The fraction of sp³-hybridized carbons (Fsp3) is 0.125. The van der Waals surface area contributed by atoms with Crippen molar-refractivity contribution in [3.63, 3.8) is 0 Å².